The predicted octanol–water partition coefficient (Wildman–Crippen LogP) is 5.01. The zero-order chi connectivity index (χ0) is 23.0. The monoisotopic (exact) mass is 432 g/mol. The van der Waals surface area contributed by atoms with E-state index in [1.165, 1.54) is 4.90 Å². The van der Waals surface area contributed by atoms with Crippen molar-refractivity contribution in [3.05, 3.63) is 65.4 Å². The lowest BCUT2D eigenvalue weighted by Crippen LogP contribution is -2.39. The van der Waals surface area contributed by atoms with Crippen molar-refractivity contribution in [2.24, 2.45) is 5.92 Å². The van der Waals surface area contributed by atoms with Gasteiger partial charge in [-0.15, -0.1) is 0 Å². The smallest absolute Gasteiger partial charge is 0.282 e. The number of piperidine rings is 1. The molecular formula is C27H32N2O3. The first-order chi connectivity index (χ1) is 15.2. The normalized spacial score (nSPS) is 19.7. The van der Waals surface area contributed by atoms with Crippen LogP contribution in [0.15, 0.2) is 54.2 Å². The summed E-state index contributed by atoms with van der Waals surface area (Å²) in [6, 6.07) is 15.2. The molecule has 0 saturated carbocycles. The second-order valence-corrected chi connectivity index (χ2v) is 9.86. The van der Waals surface area contributed by atoms with Gasteiger partial charge in [-0.1, -0.05) is 58.0 Å². The summed E-state index contributed by atoms with van der Waals surface area (Å²) in [7, 11) is 1.59. The summed E-state index contributed by atoms with van der Waals surface area (Å²) >= 11 is 0. The molecule has 2 heterocycles. The van der Waals surface area contributed by atoms with Crippen LogP contribution in [-0.2, 0) is 15.0 Å². The molecule has 1 saturated heterocycles. The molecule has 1 fully saturated rings. The van der Waals surface area contributed by atoms with Gasteiger partial charge in [0.05, 0.1) is 18.4 Å². The zero-order valence-electron chi connectivity index (χ0n) is 19.6. The molecule has 5 heteroatoms. The van der Waals surface area contributed by atoms with Gasteiger partial charge in [0.1, 0.15) is 11.4 Å². The highest BCUT2D eigenvalue weighted by molar-refractivity contribution is 6.45. The van der Waals surface area contributed by atoms with Gasteiger partial charge in [-0.3, -0.25) is 9.59 Å². The first-order valence-corrected chi connectivity index (χ1v) is 11.3. The molecule has 2 aliphatic heterocycles. The Bertz CT molecular complexity index is 1060. The number of rotatable bonds is 4. The Kier molecular flexibility index (Phi) is 5.85. The van der Waals surface area contributed by atoms with Crippen LogP contribution in [0.25, 0.3) is 5.57 Å². The van der Waals surface area contributed by atoms with Crippen LogP contribution in [0.1, 0.15) is 51.7 Å². The van der Waals surface area contributed by atoms with Gasteiger partial charge in [-0.2, -0.15) is 0 Å². The quantitative estimate of drug-likeness (QED) is 0.638. The summed E-state index contributed by atoms with van der Waals surface area (Å²) in [5, 5.41) is 0. The molecule has 2 aromatic carbocycles. The molecule has 5 nitrogen and oxygen atoms in total. The number of hydrogen-bond acceptors (Lipinski definition) is 4. The maximum atomic E-state index is 13.8. The summed E-state index contributed by atoms with van der Waals surface area (Å²) in [6.45, 7) is 10.2. The standard InChI is InChI=1S/C27H32N2O3/c1-18-9-8-16-28(17-18)24-23(21-10-6-7-11-22(21)32-5)25(30)29(26(24)31)20-14-12-19(13-15-20)27(2,3)4/h6-7,10-15,18H,8-9,16-17H2,1-5H3. The van der Waals surface area contributed by atoms with Gasteiger partial charge >= 0.3 is 0 Å². The largest absolute Gasteiger partial charge is 0.496 e. The molecule has 1 unspecified atom stereocenters. The number of carbonyl (C=O) groups excluding carboxylic acids is 2. The number of para-hydroxylation sites is 1. The van der Waals surface area contributed by atoms with E-state index in [0.29, 0.717) is 34.2 Å². The van der Waals surface area contributed by atoms with E-state index in [2.05, 4.69) is 32.6 Å². The lowest BCUT2D eigenvalue weighted by Gasteiger charge is -2.33. The van der Waals surface area contributed by atoms with E-state index >= 15 is 0 Å². The Labute approximate surface area is 190 Å². The maximum Gasteiger partial charge on any atom is 0.282 e. The van der Waals surface area contributed by atoms with E-state index in [-0.39, 0.29) is 17.2 Å². The molecule has 2 aromatic rings. The lowest BCUT2D eigenvalue weighted by atomic mass is 9.87. The lowest BCUT2D eigenvalue weighted by molar-refractivity contribution is -0.120. The number of ether oxygens (including phenoxy) is 1. The van der Waals surface area contributed by atoms with Crippen molar-refractivity contribution in [2.75, 3.05) is 25.1 Å². The van der Waals surface area contributed by atoms with E-state index in [1.807, 2.05) is 48.5 Å². The third-order valence-electron chi connectivity index (χ3n) is 6.40. The fourth-order valence-electron chi connectivity index (χ4n) is 4.64. The van der Waals surface area contributed by atoms with Crippen LogP contribution in [0.2, 0.25) is 0 Å². The molecule has 0 N–H and O–H groups in total. The molecule has 32 heavy (non-hydrogen) atoms. The number of carbonyl (C=O) groups is 2. The molecule has 2 amide bonds. The van der Waals surface area contributed by atoms with Crippen LogP contribution >= 0.6 is 0 Å². The first kappa shape index (κ1) is 22.1. The van der Waals surface area contributed by atoms with Gasteiger partial charge in [0.2, 0.25) is 0 Å². The fourth-order valence-corrected chi connectivity index (χ4v) is 4.64. The Hall–Kier alpha value is -3.08. The van der Waals surface area contributed by atoms with Gasteiger partial charge in [0.15, 0.2) is 0 Å². The molecule has 0 aromatic heterocycles. The summed E-state index contributed by atoms with van der Waals surface area (Å²) in [5.41, 5.74) is 3.33. The molecule has 0 bridgehead atoms. The van der Waals surface area contributed by atoms with Crippen molar-refractivity contribution in [3.8, 4) is 5.75 Å². The van der Waals surface area contributed by atoms with E-state index in [1.54, 1.807) is 7.11 Å². The zero-order valence-corrected chi connectivity index (χ0v) is 19.6. The molecule has 0 radical (unpaired) electrons. The number of benzene rings is 2. The number of amides is 2. The Balaban J connectivity index is 1.81. The Morgan fingerprint density at radius 1 is 0.969 bits per heavy atom. The Morgan fingerprint density at radius 3 is 2.28 bits per heavy atom. The van der Waals surface area contributed by atoms with E-state index in [0.717, 1.165) is 31.5 Å². The minimum atomic E-state index is -0.295. The molecule has 1 atom stereocenters. The average molecular weight is 433 g/mol. The highest BCUT2D eigenvalue weighted by Gasteiger charge is 2.44. The third kappa shape index (κ3) is 3.92. The van der Waals surface area contributed by atoms with Crippen molar-refractivity contribution < 1.29 is 14.3 Å². The number of anilines is 1. The second kappa shape index (κ2) is 8.45. The van der Waals surface area contributed by atoms with Crippen molar-refractivity contribution in [1.82, 2.24) is 4.90 Å². The first-order valence-electron chi connectivity index (χ1n) is 11.3. The maximum absolute atomic E-state index is 13.8. The molecule has 4 rings (SSSR count). The van der Waals surface area contributed by atoms with Gasteiger partial charge in [0.25, 0.3) is 11.8 Å². The highest BCUT2D eigenvalue weighted by atomic mass is 16.5. The molecule has 2 aliphatic rings. The third-order valence-corrected chi connectivity index (χ3v) is 6.40. The van der Waals surface area contributed by atoms with Gasteiger partial charge in [-0.05, 0) is 47.9 Å². The SMILES string of the molecule is COc1ccccc1C1=C(N2CCCC(C)C2)C(=O)N(c2ccc(C(C)(C)C)cc2)C1=O. The van der Waals surface area contributed by atoms with Crippen molar-refractivity contribution in [3.63, 3.8) is 0 Å². The summed E-state index contributed by atoms with van der Waals surface area (Å²) < 4.78 is 5.56. The van der Waals surface area contributed by atoms with Crippen LogP contribution in [0, 0.1) is 5.92 Å². The number of methoxy groups -OCH3 is 1. The number of hydrogen-bond donors (Lipinski definition) is 0. The topological polar surface area (TPSA) is 49.9 Å². The van der Waals surface area contributed by atoms with E-state index < -0.39 is 0 Å². The molecule has 168 valence electrons. The van der Waals surface area contributed by atoms with Crippen LogP contribution in [0.5, 0.6) is 5.75 Å². The fraction of sp³-hybridized carbons (Fsp3) is 0.407. The number of likely N-dealkylation sites (tertiary alicyclic amines) is 1. The number of imide groups is 1. The predicted molar refractivity (Wildman–Crippen MR) is 128 cm³/mol. The van der Waals surface area contributed by atoms with Crippen molar-refractivity contribution in [1.29, 1.82) is 0 Å². The van der Waals surface area contributed by atoms with Crippen LogP contribution in [0.3, 0.4) is 0 Å². The minimum Gasteiger partial charge on any atom is -0.496 e. The minimum absolute atomic E-state index is 0.00648. The Morgan fingerprint density at radius 2 is 1.66 bits per heavy atom. The van der Waals surface area contributed by atoms with Gasteiger partial charge in [0, 0.05) is 18.7 Å². The van der Waals surface area contributed by atoms with E-state index in [9.17, 15) is 9.59 Å². The van der Waals surface area contributed by atoms with Crippen molar-refractivity contribution in [2.45, 2.75) is 46.0 Å². The van der Waals surface area contributed by atoms with Gasteiger partial charge < -0.3 is 9.64 Å². The van der Waals surface area contributed by atoms with Crippen LogP contribution in [0.4, 0.5) is 5.69 Å². The molecule has 0 spiro atoms. The van der Waals surface area contributed by atoms with Crippen LogP contribution < -0.4 is 9.64 Å². The van der Waals surface area contributed by atoms with Crippen molar-refractivity contribution >= 4 is 23.1 Å². The van der Waals surface area contributed by atoms with Crippen LogP contribution in [-0.4, -0.2) is 36.9 Å². The average Bonchev–Trinajstić information content (AvgIpc) is 3.03. The van der Waals surface area contributed by atoms with Gasteiger partial charge in [-0.25, -0.2) is 4.90 Å². The summed E-state index contributed by atoms with van der Waals surface area (Å²) in [4.78, 5) is 30.9. The molecule has 0 aliphatic carbocycles. The summed E-state index contributed by atoms with van der Waals surface area (Å²) in [5.74, 6) is 0.513. The summed E-state index contributed by atoms with van der Waals surface area (Å²) in [6.07, 6.45) is 2.14. The molecular weight excluding hydrogens is 400 g/mol. The second-order valence-electron chi connectivity index (χ2n) is 9.86. The van der Waals surface area contributed by atoms with E-state index in [4.69, 9.17) is 4.74 Å². The highest BCUT2D eigenvalue weighted by Crippen LogP contribution is 2.39. The number of nitrogens with zero attached hydrogens (tertiary/aromatic N) is 2.